The van der Waals surface area contributed by atoms with Gasteiger partial charge in [0.05, 0.1) is 27.8 Å². The minimum atomic E-state index is 0.983. The minimum absolute atomic E-state index is 0.983. The van der Waals surface area contributed by atoms with Gasteiger partial charge in [-0.05, 0) is 44.6 Å². The van der Waals surface area contributed by atoms with Gasteiger partial charge in [-0.3, -0.25) is 0 Å². The lowest BCUT2D eigenvalue weighted by Gasteiger charge is -2.05. The molecule has 84 valence electrons. The summed E-state index contributed by atoms with van der Waals surface area (Å²) in [6.07, 6.45) is 1.81. The molecule has 0 saturated heterocycles. The molecule has 0 unspecified atom stereocenters. The van der Waals surface area contributed by atoms with Crippen molar-refractivity contribution in [3.8, 4) is 0 Å². The molecule has 1 aromatic carbocycles. The molecule has 16 heavy (non-hydrogen) atoms. The molecule has 0 aliphatic carbocycles. The lowest BCUT2D eigenvalue weighted by molar-refractivity contribution is 0.643. The summed E-state index contributed by atoms with van der Waals surface area (Å²) in [4.78, 5) is 10.7. The van der Waals surface area contributed by atoms with E-state index < -0.39 is 0 Å². The van der Waals surface area contributed by atoms with Gasteiger partial charge >= 0.3 is 0 Å². The van der Waals surface area contributed by atoms with Crippen LogP contribution in [-0.2, 0) is 0 Å². The smallest absolute Gasteiger partial charge is 0.0976 e. The first-order valence-electron chi connectivity index (χ1n) is 4.51. The van der Waals surface area contributed by atoms with E-state index in [1.807, 2.05) is 36.9 Å². The molecule has 3 nitrogen and oxygen atoms in total. The Balaban J connectivity index is 2.63. The summed E-state index contributed by atoms with van der Waals surface area (Å²) in [5, 5.41) is 0. The summed E-state index contributed by atoms with van der Waals surface area (Å²) in [6, 6.07) is 2.05. The summed E-state index contributed by atoms with van der Waals surface area (Å²) >= 11 is 7.43. The molecule has 0 fully saturated rings. The van der Waals surface area contributed by atoms with E-state index in [0.29, 0.717) is 0 Å². The molecule has 6 heteroatoms. The molecule has 0 amide bonds. The van der Waals surface area contributed by atoms with Crippen LogP contribution in [0.15, 0.2) is 21.0 Å². The highest BCUT2D eigenvalue weighted by atomic mass is 127. The Labute approximate surface area is 120 Å². The van der Waals surface area contributed by atoms with Gasteiger partial charge in [0.2, 0.25) is 0 Å². The van der Waals surface area contributed by atoms with Crippen molar-refractivity contribution in [1.29, 1.82) is 0 Å². The van der Waals surface area contributed by atoms with E-state index in [1.165, 1.54) is 0 Å². The van der Waals surface area contributed by atoms with Crippen LogP contribution in [-0.4, -0.2) is 30.3 Å². The van der Waals surface area contributed by atoms with E-state index in [0.717, 1.165) is 23.9 Å². The van der Waals surface area contributed by atoms with Gasteiger partial charge in [-0.2, -0.15) is 0 Å². The van der Waals surface area contributed by atoms with Crippen LogP contribution in [0.3, 0.4) is 0 Å². The van der Waals surface area contributed by atoms with Gasteiger partial charge in [-0.1, -0.05) is 0 Å². The van der Waals surface area contributed by atoms with Gasteiger partial charge in [-0.25, -0.2) is 9.98 Å². The molecule has 0 atom stereocenters. The third-order valence-corrected chi connectivity index (χ3v) is 4.17. The van der Waals surface area contributed by atoms with Crippen LogP contribution in [0.2, 0.25) is 0 Å². The highest BCUT2D eigenvalue weighted by Crippen LogP contribution is 2.37. The number of nitrogens with zero attached hydrogens (tertiary/aromatic N) is 3. The molecular formula is C10H9BrIN3S. The maximum Gasteiger partial charge on any atom is 0.0976 e. The Kier molecular flexibility index (Phi) is 3.81. The first kappa shape index (κ1) is 12.3. The second kappa shape index (κ2) is 4.97. The fraction of sp³-hybridized carbons (Fsp3) is 0.200. The number of benzene rings is 1. The minimum Gasteiger partial charge on any atom is -0.369 e. The Morgan fingerprint density at radius 1 is 1.56 bits per heavy atom. The van der Waals surface area contributed by atoms with E-state index in [9.17, 15) is 0 Å². The first-order chi connectivity index (χ1) is 7.59. The number of rotatable bonds is 2. The number of hydrogen-bond donors (Lipinski definition) is 0. The standard InChI is InChI=1S/C10H9BrIN3S/c1-15(2)4-13-9-7(12)3-6(11)8-10(9)16-5-14-8/h3-5H,1-2H3. The van der Waals surface area contributed by atoms with Crippen LogP contribution >= 0.6 is 49.9 Å². The van der Waals surface area contributed by atoms with E-state index in [-0.39, 0.29) is 0 Å². The quantitative estimate of drug-likeness (QED) is 0.427. The average molecular weight is 410 g/mol. The Morgan fingerprint density at radius 2 is 2.31 bits per heavy atom. The average Bonchev–Trinajstić information content (AvgIpc) is 2.65. The molecule has 0 N–H and O–H groups in total. The second-order valence-electron chi connectivity index (χ2n) is 3.43. The Bertz CT molecular complexity index is 550. The molecule has 2 aromatic rings. The van der Waals surface area contributed by atoms with Crippen molar-refractivity contribution >= 4 is 72.1 Å². The van der Waals surface area contributed by atoms with E-state index in [4.69, 9.17) is 0 Å². The van der Waals surface area contributed by atoms with Crippen molar-refractivity contribution in [1.82, 2.24) is 9.88 Å². The fourth-order valence-electron chi connectivity index (χ4n) is 1.23. The molecule has 0 radical (unpaired) electrons. The van der Waals surface area contributed by atoms with Crippen molar-refractivity contribution < 1.29 is 0 Å². The van der Waals surface area contributed by atoms with Crippen molar-refractivity contribution in [3.05, 3.63) is 19.6 Å². The van der Waals surface area contributed by atoms with Crippen molar-refractivity contribution in [2.24, 2.45) is 4.99 Å². The fourth-order valence-corrected chi connectivity index (χ4v) is 4.04. The molecule has 1 heterocycles. The predicted molar refractivity (Wildman–Crippen MR) is 81.9 cm³/mol. The van der Waals surface area contributed by atoms with Crippen LogP contribution < -0.4 is 0 Å². The summed E-state index contributed by atoms with van der Waals surface area (Å²) in [5.74, 6) is 0. The molecule has 0 saturated carbocycles. The van der Waals surface area contributed by atoms with Crippen LogP contribution in [0.1, 0.15) is 0 Å². The third kappa shape index (κ3) is 2.38. The SMILES string of the molecule is CN(C)C=Nc1c(I)cc(Br)c2ncsc12. The van der Waals surface area contributed by atoms with E-state index in [1.54, 1.807) is 11.3 Å². The van der Waals surface area contributed by atoms with Crippen LogP contribution in [0.5, 0.6) is 0 Å². The molecular weight excluding hydrogens is 401 g/mol. The van der Waals surface area contributed by atoms with E-state index >= 15 is 0 Å². The number of halogens is 2. The number of aliphatic imine (C=N–C) groups is 1. The summed E-state index contributed by atoms with van der Waals surface area (Å²) < 4.78 is 3.27. The lowest BCUT2D eigenvalue weighted by atomic mass is 10.3. The van der Waals surface area contributed by atoms with Crippen molar-refractivity contribution in [3.63, 3.8) is 0 Å². The zero-order valence-corrected chi connectivity index (χ0v) is 13.3. The summed E-state index contributed by atoms with van der Waals surface area (Å²) in [5.41, 5.74) is 3.83. The van der Waals surface area contributed by atoms with Gasteiger partial charge in [-0.15, -0.1) is 11.3 Å². The molecule has 0 aliphatic rings. The highest BCUT2D eigenvalue weighted by molar-refractivity contribution is 14.1. The van der Waals surface area contributed by atoms with Crippen molar-refractivity contribution in [2.45, 2.75) is 0 Å². The van der Waals surface area contributed by atoms with Gasteiger partial charge < -0.3 is 4.90 Å². The highest BCUT2D eigenvalue weighted by Gasteiger charge is 2.10. The zero-order valence-electron chi connectivity index (χ0n) is 8.74. The summed E-state index contributed by atoms with van der Waals surface area (Å²) in [7, 11) is 3.91. The first-order valence-corrected chi connectivity index (χ1v) is 7.26. The normalized spacial score (nSPS) is 11.5. The summed E-state index contributed by atoms with van der Waals surface area (Å²) in [6.45, 7) is 0. The molecule has 0 spiro atoms. The zero-order chi connectivity index (χ0) is 11.7. The van der Waals surface area contributed by atoms with Gasteiger partial charge in [0.15, 0.2) is 0 Å². The van der Waals surface area contributed by atoms with Crippen molar-refractivity contribution in [2.75, 3.05) is 14.1 Å². The van der Waals surface area contributed by atoms with E-state index in [2.05, 4.69) is 48.5 Å². The molecule has 0 aliphatic heterocycles. The Hall–Kier alpha value is -0.210. The third-order valence-electron chi connectivity index (χ3n) is 1.91. The second-order valence-corrected chi connectivity index (χ2v) is 6.30. The maximum atomic E-state index is 4.49. The Morgan fingerprint density at radius 3 is 3.00 bits per heavy atom. The van der Waals surface area contributed by atoms with Crippen LogP contribution in [0, 0.1) is 3.57 Å². The number of aromatic nitrogens is 1. The van der Waals surface area contributed by atoms with Crippen LogP contribution in [0.4, 0.5) is 5.69 Å². The monoisotopic (exact) mass is 409 g/mol. The van der Waals surface area contributed by atoms with Gasteiger partial charge in [0, 0.05) is 22.1 Å². The lowest BCUT2D eigenvalue weighted by Crippen LogP contribution is -2.07. The topological polar surface area (TPSA) is 28.5 Å². The van der Waals surface area contributed by atoms with Gasteiger partial charge in [0.25, 0.3) is 0 Å². The van der Waals surface area contributed by atoms with Gasteiger partial charge in [0.1, 0.15) is 0 Å². The predicted octanol–water partition coefficient (Wildman–Crippen LogP) is 3.88. The maximum absolute atomic E-state index is 4.49. The number of thiazole rings is 1. The largest absolute Gasteiger partial charge is 0.369 e. The molecule has 1 aromatic heterocycles. The molecule has 2 rings (SSSR count). The van der Waals surface area contributed by atoms with Crippen LogP contribution in [0.25, 0.3) is 10.2 Å². The number of fused-ring (bicyclic) bond motifs is 1. The molecule has 0 bridgehead atoms. The number of hydrogen-bond acceptors (Lipinski definition) is 3.